The largest absolute Gasteiger partial charge is 0.494 e. The summed E-state index contributed by atoms with van der Waals surface area (Å²) in [6.07, 6.45) is 6.36. The minimum absolute atomic E-state index is 0.0278. The van der Waals surface area contributed by atoms with Gasteiger partial charge in [0.1, 0.15) is 5.75 Å². The van der Waals surface area contributed by atoms with Gasteiger partial charge < -0.3 is 15.4 Å². The number of sulfonamides is 1. The minimum Gasteiger partial charge on any atom is -0.494 e. The number of hydrogen-bond donors (Lipinski definition) is 2. The van der Waals surface area contributed by atoms with Gasteiger partial charge in [-0.2, -0.15) is 4.31 Å². The molecule has 0 spiro atoms. The minimum atomic E-state index is -3.60. The van der Waals surface area contributed by atoms with Crippen LogP contribution in [0.2, 0.25) is 0 Å². The van der Waals surface area contributed by atoms with E-state index in [0.717, 1.165) is 25.7 Å². The smallest absolute Gasteiger partial charge is 0.243 e. The number of carbonyl (C=O) groups is 2. The zero-order valence-electron chi connectivity index (χ0n) is 18.1. The Hall–Kier alpha value is -2.13. The maximum atomic E-state index is 12.9. The maximum Gasteiger partial charge on any atom is 0.243 e. The zero-order valence-corrected chi connectivity index (χ0v) is 19.0. The fourth-order valence-corrected chi connectivity index (χ4v) is 5.69. The average molecular weight is 452 g/mol. The summed E-state index contributed by atoms with van der Waals surface area (Å²) in [5, 5.41) is 5.70. The van der Waals surface area contributed by atoms with E-state index in [4.69, 9.17) is 4.74 Å². The van der Waals surface area contributed by atoms with E-state index in [9.17, 15) is 18.0 Å². The van der Waals surface area contributed by atoms with E-state index in [-0.39, 0.29) is 48.3 Å². The molecule has 31 heavy (non-hydrogen) atoms. The van der Waals surface area contributed by atoms with Gasteiger partial charge in [0.05, 0.1) is 18.0 Å². The summed E-state index contributed by atoms with van der Waals surface area (Å²) in [7, 11) is -3.60. The number of piperidine rings is 1. The van der Waals surface area contributed by atoms with Crippen molar-refractivity contribution < 1.29 is 22.7 Å². The van der Waals surface area contributed by atoms with Gasteiger partial charge >= 0.3 is 0 Å². The Morgan fingerprint density at radius 3 is 2.29 bits per heavy atom. The monoisotopic (exact) mass is 451 g/mol. The number of ether oxygens (including phenoxy) is 1. The standard InChI is InChI=1S/C22H33N3O5S/c1-2-30-19-8-10-20(11-9-19)31(28,29)25-14-12-17(13-15-25)22(27)23-16-21(26)24-18-6-4-3-5-7-18/h8-11,17-18H,2-7,12-16H2,1H3,(H,23,27)(H,24,26). The summed E-state index contributed by atoms with van der Waals surface area (Å²) in [6.45, 7) is 2.92. The molecular weight excluding hydrogens is 418 g/mol. The van der Waals surface area contributed by atoms with E-state index in [1.54, 1.807) is 24.3 Å². The third-order valence-corrected chi connectivity index (χ3v) is 7.90. The van der Waals surface area contributed by atoms with Gasteiger partial charge in [-0.1, -0.05) is 19.3 Å². The lowest BCUT2D eigenvalue weighted by atomic mass is 9.95. The number of amides is 2. The molecular formula is C22H33N3O5S. The molecule has 8 nitrogen and oxygen atoms in total. The molecule has 9 heteroatoms. The summed E-state index contributed by atoms with van der Waals surface area (Å²) in [6, 6.07) is 6.60. The predicted octanol–water partition coefficient (Wildman–Crippen LogP) is 2.05. The fraction of sp³-hybridized carbons (Fsp3) is 0.636. The van der Waals surface area contributed by atoms with Crippen molar-refractivity contribution in [1.29, 1.82) is 0 Å². The van der Waals surface area contributed by atoms with Crippen LogP contribution in [0.1, 0.15) is 51.9 Å². The molecule has 2 N–H and O–H groups in total. The molecule has 1 aromatic rings. The van der Waals surface area contributed by atoms with E-state index >= 15 is 0 Å². The summed E-state index contributed by atoms with van der Waals surface area (Å²) >= 11 is 0. The molecule has 2 amide bonds. The highest BCUT2D eigenvalue weighted by atomic mass is 32.2. The first kappa shape index (κ1) is 23.5. The van der Waals surface area contributed by atoms with E-state index < -0.39 is 10.0 Å². The van der Waals surface area contributed by atoms with Gasteiger partial charge in [0.25, 0.3) is 0 Å². The average Bonchev–Trinajstić information content (AvgIpc) is 2.79. The van der Waals surface area contributed by atoms with Crippen molar-refractivity contribution in [3.05, 3.63) is 24.3 Å². The summed E-state index contributed by atoms with van der Waals surface area (Å²) in [5.74, 6) is 0.00582. The highest BCUT2D eigenvalue weighted by Crippen LogP contribution is 2.25. The molecule has 0 bridgehead atoms. The van der Waals surface area contributed by atoms with Crippen LogP contribution >= 0.6 is 0 Å². The number of nitrogens with one attached hydrogen (secondary N) is 2. The maximum absolute atomic E-state index is 12.9. The van der Waals surface area contributed by atoms with Gasteiger partial charge in [-0.25, -0.2) is 8.42 Å². The van der Waals surface area contributed by atoms with Crippen LogP contribution in [0, 0.1) is 5.92 Å². The van der Waals surface area contributed by atoms with E-state index in [1.165, 1.54) is 10.7 Å². The van der Waals surface area contributed by atoms with Crippen molar-refractivity contribution in [3.63, 3.8) is 0 Å². The van der Waals surface area contributed by atoms with Gasteiger partial charge in [-0.3, -0.25) is 9.59 Å². The molecule has 0 radical (unpaired) electrons. The second-order valence-corrected chi connectivity index (χ2v) is 10.1. The van der Waals surface area contributed by atoms with Crippen LogP contribution in [0.4, 0.5) is 0 Å². The number of benzene rings is 1. The number of hydrogen-bond acceptors (Lipinski definition) is 5. The number of carbonyl (C=O) groups excluding carboxylic acids is 2. The van der Waals surface area contributed by atoms with E-state index in [2.05, 4.69) is 10.6 Å². The molecule has 1 aliphatic carbocycles. The normalized spacial score (nSPS) is 19.0. The molecule has 0 unspecified atom stereocenters. The first-order valence-electron chi connectivity index (χ1n) is 11.2. The van der Waals surface area contributed by atoms with Gasteiger partial charge in [-0.15, -0.1) is 0 Å². The summed E-state index contributed by atoms with van der Waals surface area (Å²) in [4.78, 5) is 24.7. The quantitative estimate of drug-likeness (QED) is 0.629. The first-order chi connectivity index (χ1) is 14.9. The molecule has 2 aliphatic rings. The Morgan fingerprint density at radius 2 is 1.68 bits per heavy atom. The third-order valence-electron chi connectivity index (χ3n) is 5.99. The Kier molecular flexibility index (Phi) is 8.31. The van der Waals surface area contributed by atoms with Gasteiger partial charge in [-0.05, 0) is 56.9 Å². The van der Waals surface area contributed by atoms with Gasteiger partial charge in [0, 0.05) is 25.0 Å². The van der Waals surface area contributed by atoms with Crippen LogP contribution in [0.3, 0.4) is 0 Å². The van der Waals surface area contributed by atoms with E-state index in [0.29, 0.717) is 25.2 Å². The van der Waals surface area contributed by atoms with Crippen LogP contribution in [0.15, 0.2) is 29.2 Å². The molecule has 1 aromatic carbocycles. The molecule has 3 rings (SSSR count). The van der Waals surface area contributed by atoms with Crippen LogP contribution in [-0.2, 0) is 19.6 Å². The van der Waals surface area contributed by atoms with Crippen molar-refractivity contribution in [2.24, 2.45) is 5.92 Å². The fourth-order valence-electron chi connectivity index (χ4n) is 4.22. The molecule has 2 fully saturated rings. The third kappa shape index (κ3) is 6.43. The van der Waals surface area contributed by atoms with Gasteiger partial charge in [0.15, 0.2) is 0 Å². The molecule has 1 aliphatic heterocycles. The van der Waals surface area contributed by atoms with Crippen LogP contribution < -0.4 is 15.4 Å². The Balaban J connectivity index is 1.44. The zero-order chi connectivity index (χ0) is 22.3. The second kappa shape index (κ2) is 10.9. The predicted molar refractivity (Wildman–Crippen MR) is 117 cm³/mol. The molecule has 0 atom stereocenters. The first-order valence-corrected chi connectivity index (χ1v) is 12.6. The van der Waals surface area contributed by atoms with Crippen molar-refractivity contribution >= 4 is 21.8 Å². The highest BCUT2D eigenvalue weighted by molar-refractivity contribution is 7.89. The molecule has 1 saturated carbocycles. The molecule has 1 heterocycles. The number of rotatable bonds is 8. The topological polar surface area (TPSA) is 105 Å². The van der Waals surface area contributed by atoms with Crippen LogP contribution in [0.5, 0.6) is 5.75 Å². The lowest BCUT2D eigenvalue weighted by Gasteiger charge is -2.30. The molecule has 172 valence electrons. The number of nitrogens with zero attached hydrogens (tertiary/aromatic N) is 1. The molecule has 0 aromatic heterocycles. The van der Waals surface area contributed by atoms with Crippen molar-refractivity contribution in [3.8, 4) is 5.75 Å². The van der Waals surface area contributed by atoms with Crippen molar-refractivity contribution in [2.75, 3.05) is 26.2 Å². The van der Waals surface area contributed by atoms with Crippen LogP contribution in [0.25, 0.3) is 0 Å². The molecule has 1 saturated heterocycles. The lowest BCUT2D eigenvalue weighted by molar-refractivity contribution is -0.129. The lowest BCUT2D eigenvalue weighted by Crippen LogP contribution is -2.46. The summed E-state index contributed by atoms with van der Waals surface area (Å²) in [5.41, 5.74) is 0. The second-order valence-electron chi connectivity index (χ2n) is 8.20. The SMILES string of the molecule is CCOc1ccc(S(=O)(=O)N2CCC(C(=O)NCC(=O)NC3CCCCC3)CC2)cc1. The Morgan fingerprint density at radius 1 is 1.03 bits per heavy atom. The Bertz CT molecular complexity index is 842. The Labute approximate surface area is 184 Å². The van der Waals surface area contributed by atoms with Crippen LogP contribution in [-0.4, -0.2) is 56.8 Å². The van der Waals surface area contributed by atoms with E-state index in [1.807, 2.05) is 6.92 Å². The summed E-state index contributed by atoms with van der Waals surface area (Å²) < 4.78 is 32.5. The highest BCUT2D eigenvalue weighted by Gasteiger charge is 2.32. The van der Waals surface area contributed by atoms with Gasteiger partial charge in [0.2, 0.25) is 21.8 Å². The van der Waals surface area contributed by atoms with Crippen molar-refractivity contribution in [2.45, 2.75) is 62.8 Å². The van der Waals surface area contributed by atoms with Crippen molar-refractivity contribution in [1.82, 2.24) is 14.9 Å².